The normalized spacial score (nSPS) is 20.9. The molecule has 13 heteroatoms. The van der Waals surface area contributed by atoms with Crippen LogP contribution in [0.2, 0.25) is 0 Å². The van der Waals surface area contributed by atoms with Gasteiger partial charge in [-0.3, -0.25) is 14.1 Å². The highest BCUT2D eigenvalue weighted by Crippen LogP contribution is 2.24. The van der Waals surface area contributed by atoms with Gasteiger partial charge in [-0.2, -0.15) is 8.42 Å². The van der Waals surface area contributed by atoms with E-state index in [0.29, 0.717) is 12.8 Å². The largest absolute Gasteiger partial charge is 0.462 e. The Kier molecular flexibility index (Phi) is 31.2. The van der Waals surface area contributed by atoms with E-state index < -0.39 is 71.2 Å². The molecule has 0 saturated carbocycles. The predicted octanol–water partition coefficient (Wildman–Crippen LogP) is 8.28. The average Bonchev–Trinajstić information content (AvgIpc) is 3.14. The molecule has 324 valence electrons. The molecular formula is C42H78O12S. The first kappa shape index (κ1) is 51.4. The highest BCUT2D eigenvalue weighted by atomic mass is 32.2. The molecule has 55 heavy (non-hydrogen) atoms. The minimum atomic E-state index is -4.60. The van der Waals surface area contributed by atoms with Gasteiger partial charge in [0.2, 0.25) is 0 Å². The summed E-state index contributed by atoms with van der Waals surface area (Å²) in [5.41, 5.74) is 0. The third kappa shape index (κ3) is 28.4. The fraction of sp³-hybridized carbons (Fsp3) is 0.905. The van der Waals surface area contributed by atoms with Gasteiger partial charge in [0.15, 0.2) is 12.4 Å². The molecule has 0 aromatic rings. The topological polar surface area (TPSA) is 186 Å². The molecule has 1 rings (SSSR count). The van der Waals surface area contributed by atoms with Crippen molar-refractivity contribution in [1.29, 1.82) is 0 Å². The molecule has 0 amide bonds. The molecule has 2 unspecified atom stereocenters. The zero-order valence-corrected chi connectivity index (χ0v) is 35.1. The molecule has 0 aromatic heterocycles. The SMILES string of the molecule is CCCCCC/C=C/CCCCCCCC(=O)O[C@H](COC(=O)CCCCCCCCCCCCCCCC)CO[C@H]1O[C@H](CS(=O)(=O)O)[C@@H](O)C(O)C1O. The molecule has 1 aliphatic heterocycles. The number of ether oxygens (including phenoxy) is 4. The first-order valence-corrected chi connectivity index (χ1v) is 23.4. The van der Waals surface area contributed by atoms with Crippen LogP contribution in [-0.2, 0) is 38.7 Å². The van der Waals surface area contributed by atoms with E-state index in [9.17, 15) is 37.9 Å². The monoisotopic (exact) mass is 807 g/mol. The Labute approximate surface area is 333 Å². The second-order valence-electron chi connectivity index (χ2n) is 15.4. The van der Waals surface area contributed by atoms with Gasteiger partial charge in [-0.1, -0.05) is 148 Å². The van der Waals surface area contributed by atoms with E-state index in [1.807, 2.05) is 0 Å². The van der Waals surface area contributed by atoms with E-state index in [2.05, 4.69) is 26.0 Å². The summed E-state index contributed by atoms with van der Waals surface area (Å²) in [5, 5.41) is 30.8. The minimum Gasteiger partial charge on any atom is -0.462 e. The lowest BCUT2D eigenvalue weighted by Crippen LogP contribution is -2.60. The molecule has 6 atom stereocenters. The lowest BCUT2D eigenvalue weighted by Gasteiger charge is -2.40. The van der Waals surface area contributed by atoms with Gasteiger partial charge in [0.25, 0.3) is 10.1 Å². The number of aliphatic hydroxyl groups excluding tert-OH is 3. The number of hydrogen-bond acceptors (Lipinski definition) is 11. The van der Waals surface area contributed by atoms with Crippen LogP contribution in [-0.4, -0.2) is 96.0 Å². The molecule has 0 aromatic carbocycles. The van der Waals surface area contributed by atoms with Gasteiger partial charge in [0.05, 0.1) is 6.61 Å². The third-order valence-electron chi connectivity index (χ3n) is 10.1. The van der Waals surface area contributed by atoms with E-state index in [1.54, 1.807) is 0 Å². The van der Waals surface area contributed by atoms with Crippen molar-refractivity contribution in [2.45, 2.75) is 224 Å². The standard InChI is InChI=1S/C42H78O12S/c1-3-5-7-9-11-13-15-17-19-20-22-24-26-28-30-37(43)51-32-35(33-52-42-41(47)40(46)39(45)36(54-42)34-55(48,49)50)53-38(44)31-29-27-25-23-21-18-16-14-12-10-8-6-4-2/h14,16,35-36,39-42,45-47H,3-13,15,17-34H2,1-2H3,(H,48,49,50)/b16-14+/t35-,36-,39-,40?,41?,42+/m1/s1. The summed E-state index contributed by atoms with van der Waals surface area (Å²) in [7, 11) is -4.60. The fourth-order valence-corrected chi connectivity index (χ4v) is 7.36. The second-order valence-corrected chi connectivity index (χ2v) is 16.9. The molecule has 0 aliphatic carbocycles. The number of rotatable bonds is 36. The van der Waals surface area contributed by atoms with E-state index in [4.69, 9.17) is 18.9 Å². The molecule has 0 spiro atoms. The van der Waals surface area contributed by atoms with Crippen LogP contribution in [0.25, 0.3) is 0 Å². The molecule has 0 bridgehead atoms. The lowest BCUT2D eigenvalue weighted by atomic mass is 10.00. The maximum atomic E-state index is 12.8. The summed E-state index contributed by atoms with van der Waals surface area (Å²) in [6, 6.07) is 0. The molecule has 1 fully saturated rings. The van der Waals surface area contributed by atoms with Gasteiger partial charge in [0, 0.05) is 12.8 Å². The minimum absolute atomic E-state index is 0.158. The maximum absolute atomic E-state index is 12.8. The van der Waals surface area contributed by atoms with Crippen molar-refractivity contribution >= 4 is 22.1 Å². The third-order valence-corrected chi connectivity index (χ3v) is 10.8. The van der Waals surface area contributed by atoms with Crippen LogP contribution < -0.4 is 0 Å². The van der Waals surface area contributed by atoms with E-state index in [-0.39, 0.29) is 19.4 Å². The summed E-state index contributed by atoms with van der Waals surface area (Å²) in [6.07, 6.45) is 24.0. The average molecular weight is 807 g/mol. The summed E-state index contributed by atoms with van der Waals surface area (Å²) in [5.74, 6) is -1.98. The van der Waals surface area contributed by atoms with Crippen molar-refractivity contribution in [2.75, 3.05) is 19.0 Å². The highest BCUT2D eigenvalue weighted by molar-refractivity contribution is 7.85. The van der Waals surface area contributed by atoms with Crippen molar-refractivity contribution in [3.05, 3.63) is 12.2 Å². The highest BCUT2D eigenvalue weighted by Gasteiger charge is 2.46. The number of esters is 2. The number of unbranched alkanes of at least 4 members (excludes halogenated alkanes) is 22. The van der Waals surface area contributed by atoms with Crippen LogP contribution in [0.3, 0.4) is 0 Å². The molecule has 1 saturated heterocycles. The van der Waals surface area contributed by atoms with Crippen molar-refractivity contribution in [2.24, 2.45) is 0 Å². The van der Waals surface area contributed by atoms with Gasteiger partial charge < -0.3 is 34.3 Å². The van der Waals surface area contributed by atoms with Crippen LogP contribution in [0.5, 0.6) is 0 Å². The van der Waals surface area contributed by atoms with Crippen LogP contribution >= 0.6 is 0 Å². The number of carbonyl (C=O) groups is 2. The van der Waals surface area contributed by atoms with Crippen molar-refractivity contribution in [1.82, 2.24) is 0 Å². The first-order valence-electron chi connectivity index (χ1n) is 21.7. The van der Waals surface area contributed by atoms with Gasteiger partial charge >= 0.3 is 11.9 Å². The van der Waals surface area contributed by atoms with Crippen molar-refractivity contribution in [3.63, 3.8) is 0 Å². The van der Waals surface area contributed by atoms with Crippen LogP contribution in [0.1, 0.15) is 187 Å². The summed E-state index contributed by atoms with van der Waals surface area (Å²) >= 11 is 0. The number of carbonyl (C=O) groups excluding carboxylic acids is 2. The summed E-state index contributed by atoms with van der Waals surface area (Å²) in [4.78, 5) is 25.3. The zero-order chi connectivity index (χ0) is 40.6. The summed E-state index contributed by atoms with van der Waals surface area (Å²) in [6.45, 7) is 3.73. The van der Waals surface area contributed by atoms with Crippen molar-refractivity contribution in [3.8, 4) is 0 Å². The molecule has 1 aliphatic rings. The van der Waals surface area contributed by atoms with Crippen LogP contribution in [0, 0.1) is 0 Å². The zero-order valence-electron chi connectivity index (χ0n) is 34.3. The Morgan fingerprint density at radius 3 is 1.53 bits per heavy atom. The smallest absolute Gasteiger partial charge is 0.306 e. The Morgan fingerprint density at radius 1 is 0.600 bits per heavy atom. The van der Waals surface area contributed by atoms with Gasteiger partial charge in [-0.25, -0.2) is 0 Å². The summed E-state index contributed by atoms with van der Waals surface area (Å²) < 4.78 is 53.9. The molecule has 4 N–H and O–H groups in total. The van der Waals surface area contributed by atoms with E-state index in [1.165, 1.54) is 89.9 Å². The van der Waals surface area contributed by atoms with Gasteiger partial charge in [0.1, 0.15) is 36.8 Å². The molecule has 0 radical (unpaired) electrons. The second kappa shape index (κ2) is 33.4. The van der Waals surface area contributed by atoms with E-state index >= 15 is 0 Å². The van der Waals surface area contributed by atoms with E-state index in [0.717, 1.165) is 57.8 Å². The number of hydrogen-bond donors (Lipinski definition) is 4. The maximum Gasteiger partial charge on any atom is 0.306 e. The quantitative estimate of drug-likeness (QED) is 0.0206. The van der Waals surface area contributed by atoms with Gasteiger partial charge in [-0.15, -0.1) is 0 Å². The molecule has 1 heterocycles. The first-order chi connectivity index (χ1) is 26.5. The Balaban J connectivity index is 2.47. The Hall–Kier alpha value is -1.61. The predicted molar refractivity (Wildman–Crippen MR) is 215 cm³/mol. The number of allylic oxidation sites excluding steroid dienone is 2. The van der Waals surface area contributed by atoms with Crippen LogP contribution in [0.15, 0.2) is 12.2 Å². The fourth-order valence-electron chi connectivity index (χ4n) is 6.67. The Bertz CT molecular complexity index is 1080. The molecular weight excluding hydrogens is 729 g/mol. The van der Waals surface area contributed by atoms with Crippen LogP contribution in [0.4, 0.5) is 0 Å². The van der Waals surface area contributed by atoms with Gasteiger partial charge in [-0.05, 0) is 38.5 Å². The van der Waals surface area contributed by atoms with Crippen molar-refractivity contribution < 1.29 is 56.8 Å². The Morgan fingerprint density at radius 2 is 1.04 bits per heavy atom. The lowest BCUT2D eigenvalue weighted by molar-refractivity contribution is -0.297. The molecule has 12 nitrogen and oxygen atoms in total. The number of aliphatic hydroxyl groups is 3.